The van der Waals surface area contributed by atoms with Crippen LogP contribution in [0.5, 0.6) is 0 Å². The fraction of sp³-hybridized carbons (Fsp3) is 0.588. The molecular formula is C17H25ClN2O4S. The van der Waals surface area contributed by atoms with Gasteiger partial charge in [0.2, 0.25) is 10.0 Å². The number of ether oxygens (including phenoxy) is 1. The molecule has 2 rings (SSSR count). The van der Waals surface area contributed by atoms with Crippen LogP contribution >= 0.6 is 11.6 Å². The smallest absolute Gasteiger partial charge is 0.255 e. The van der Waals surface area contributed by atoms with E-state index in [1.54, 1.807) is 4.90 Å². The molecule has 25 heavy (non-hydrogen) atoms. The van der Waals surface area contributed by atoms with Crippen molar-refractivity contribution in [3.8, 4) is 0 Å². The van der Waals surface area contributed by atoms with Crippen molar-refractivity contribution in [2.75, 3.05) is 39.4 Å². The van der Waals surface area contributed by atoms with E-state index in [2.05, 4.69) is 0 Å². The Labute approximate surface area is 154 Å². The van der Waals surface area contributed by atoms with Crippen molar-refractivity contribution in [2.45, 2.75) is 31.6 Å². The predicted molar refractivity (Wildman–Crippen MR) is 97.5 cm³/mol. The molecule has 1 saturated heterocycles. The number of hydrogen-bond acceptors (Lipinski definition) is 4. The lowest BCUT2D eigenvalue weighted by atomic mass is 10.2. The Balaban J connectivity index is 2.34. The van der Waals surface area contributed by atoms with E-state index in [1.165, 1.54) is 22.5 Å². The first-order valence-electron chi connectivity index (χ1n) is 8.58. The summed E-state index contributed by atoms with van der Waals surface area (Å²) in [5.74, 6) is -0.229. The van der Waals surface area contributed by atoms with Crippen LogP contribution in [0.2, 0.25) is 5.02 Å². The Morgan fingerprint density at radius 2 is 1.80 bits per heavy atom. The monoisotopic (exact) mass is 388 g/mol. The van der Waals surface area contributed by atoms with Crippen LogP contribution in [0, 0.1) is 0 Å². The summed E-state index contributed by atoms with van der Waals surface area (Å²) < 4.78 is 32.2. The predicted octanol–water partition coefficient (Wildman–Crippen LogP) is 2.62. The van der Waals surface area contributed by atoms with Gasteiger partial charge in [0.15, 0.2) is 0 Å². The molecule has 1 heterocycles. The molecule has 8 heteroatoms. The number of amides is 1. The summed E-state index contributed by atoms with van der Waals surface area (Å²) in [5, 5.41) is 0.267. The van der Waals surface area contributed by atoms with Crippen LogP contribution < -0.4 is 0 Å². The zero-order chi connectivity index (χ0) is 18.4. The van der Waals surface area contributed by atoms with Crippen LogP contribution in [0.4, 0.5) is 0 Å². The average Bonchev–Trinajstić information content (AvgIpc) is 2.62. The molecule has 1 aliphatic rings. The third-order valence-electron chi connectivity index (χ3n) is 4.05. The van der Waals surface area contributed by atoms with Gasteiger partial charge in [0.25, 0.3) is 5.91 Å². The normalized spacial score (nSPS) is 16.0. The second-order valence-electron chi connectivity index (χ2n) is 5.95. The molecule has 1 aromatic carbocycles. The van der Waals surface area contributed by atoms with Crippen LogP contribution in [0.3, 0.4) is 0 Å². The molecule has 0 radical (unpaired) electrons. The van der Waals surface area contributed by atoms with Gasteiger partial charge >= 0.3 is 0 Å². The van der Waals surface area contributed by atoms with Crippen molar-refractivity contribution in [1.29, 1.82) is 0 Å². The van der Waals surface area contributed by atoms with Crippen molar-refractivity contribution in [3.05, 3.63) is 28.8 Å². The second-order valence-corrected chi connectivity index (χ2v) is 8.30. The Morgan fingerprint density at radius 3 is 2.36 bits per heavy atom. The Morgan fingerprint density at radius 1 is 1.20 bits per heavy atom. The third kappa shape index (κ3) is 4.73. The number of halogens is 1. The summed E-state index contributed by atoms with van der Waals surface area (Å²) >= 11 is 6.20. The van der Waals surface area contributed by atoms with E-state index >= 15 is 0 Å². The number of sulfonamides is 1. The average molecular weight is 389 g/mol. The van der Waals surface area contributed by atoms with Gasteiger partial charge in [0.1, 0.15) is 0 Å². The third-order valence-corrected chi connectivity index (χ3v) is 6.27. The topological polar surface area (TPSA) is 66.9 Å². The summed E-state index contributed by atoms with van der Waals surface area (Å²) in [6, 6.07) is 4.33. The first-order chi connectivity index (χ1) is 11.9. The molecule has 0 spiro atoms. The highest BCUT2D eigenvalue weighted by Gasteiger charge is 2.28. The molecule has 6 nitrogen and oxygen atoms in total. The number of rotatable bonds is 7. The minimum Gasteiger partial charge on any atom is -0.379 e. The van der Waals surface area contributed by atoms with Crippen molar-refractivity contribution in [2.24, 2.45) is 0 Å². The van der Waals surface area contributed by atoms with Gasteiger partial charge in [-0.15, -0.1) is 0 Å². The van der Waals surface area contributed by atoms with Crippen LogP contribution in [0.15, 0.2) is 23.1 Å². The molecule has 0 bridgehead atoms. The van der Waals surface area contributed by atoms with Gasteiger partial charge in [-0.25, -0.2) is 8.42 Å². The number of benzene rings is 1. The van der Waals surface area contributed by atoms with Crippen molar-refractivity contribution in [3.63, 3.8) is 0 Å². The van der Waals surface area contributed by atoms with Crippen molar-refractivity contribution in [1.82, 2.24) is 9.21 Å². The number of carbonyl (C=O) groups excluding carboxylic acids is 1. The summed E-state index contributed by atoms with van der Waals surface area (Å²) in [6.45, 7) is 6.59. The molecule has 1 fully saturated rings. The molecule has 0 N–H and O–H groups in total. The highest BCUT2D eigenvalue weighted by Crippen LogP contribution is 2.25. The SMILES string of the molecule is CCCN(CCC)C(=O)c1cc(S(=O)(=O)N2CCOCC2)ccc1Cl. The van der Waals surface area contributed by atoms with Gasteiger partial charge in [-0.3, -0.25) is 4.79 Å². The molecule has 0 aliphatic carbocycles. The van der Waals surface area contributed by atoms with Crippen LogP contribution in [0.1, 0.15) is 37.0 Å². The molecule has 0 atom stereocenters. The van der Waals surface area contributed by atoms with Gasteiger partial charge in [0.05, 0.1) is 28.7 Å². The molecule has 0 unspecified atom stereocenters. The van der Waals surface area contributed by atoms with Gasteiger partial charge in [-0.2, -0.15) is 4.31 Å². The molecular weight excluding hydrogens is 364 g/mol. The zero-order valence-electron chi connectivity index (χ0n) is 14.7. The first-order valence-corrected chi connectivity index (χ1v) is 10.4. The maximum Gasteiger partial charge on any atom is 0.255 e. The van der Waals surface area contributed by atoms with E-state index in [9.17, 15) is 13.2 Å². The summed E-state index contributed by atoms with van der Waals surface area (Å²) in [7, 11) is -3.66. The van der Waals surface area contributed by atoms with E-state index in [1.807, 2.05) is 13.8 Å². The van der Waals surface area contributed by atoms with E-state index in [-0.39, 0.29) is 21.4 Å². The van der Waals surface area contributed by atoms with Crippen LogP contribution in [-0.2, 0) is 14.8 Å². The minimum atomic E-state index is -3.66. The van der Waals surface area contributed by atoms with E-state index in [0.717, 1.165) is 12.8 Å². The largest absolute Gasteiger partial charge is 0.379 e. The lowest BCUT2D eigenvalue weighted by Gasteiger charge is -2.26. The standard InChI is InChI=1S/C17H25ClN2O4S/c1-3-7-19(8-4-2)17(21)15-13-14(5-6-16(15)18)25(22,23)20-9-11-24-12-10-20/h5-6,13H,3-4,7-12H2,1-2H3. The maximum absolute atomic E-state index is 12.8. The number of hydrogen-bond donors (Lipinski definition) is 0. The van der Waals surface area contributed by atoms with Gasteiger partial charge in [0, 0.05) is 26.2 Å². The van der Waals surface area contributed by atoms with E-state index < -0.39 is 10.0 Å². The molecule has 1 amide bonds. The molecule has 0 saturated carbocycles. The quantitative estimate of drug-likeness (QED) is 0.720. The number of nitrogens with zero attached hydrogens (tertiary/aromatic N) is 2. The highest BCUT2D eigenvalue weighted by atomic mass is 35.5. The second kappa shape index (κ2) is 8.98. The zero-order valence-corrected chi connectivity index (χ0v) is 16.3. The highest BCUT2D eigenvalue weighted by molar-refractivity contribution is 7.89. The first kappa shape index (κ1) is 20.2. The van der Waals surface area contributed by atoms with Gasteiger partial charge in [-0.05, 0) is 31.0 Å². The van der Waals surface area contributed by atoms with Crippen molar-refractivity contribution < 1.29 is 17.9 Å². The summed E-state index contributed by atoms with van der Waals surface area (Å²) in [5.41, 5.74) is 0.234. The Hall–Kier alpha value is -1.15. The lowest BCUT2D eigenvalue weighted by Crippen LogP contribution is -2.40. The molecule has 1 aromatic rings. The van der Waals surface area contributed by atoms with E-state index in [4.69, 9.17) is 16.3 Å². The maximum atomic E-state index is 12.8. The van der Waals surface area contributed by atoms with Crippen LogP contribution in [-0.4, -0.2) is 62.9 Å². The van der Waals surface area contributed by atoms with Gasteiger partial charge < -0.3 is 9.64 Å². The number of carbonyl (C=O) groups is 1. The minimum absolute atomic E-state index is 0.0927. The molecule has 140 valence electrons. The Kier molecular flexibility index (Phi) is 7.25. The van der Waals surface area contributed by atoms with Crippen molar-refractivity contribution >= 4 is 27.5 Å². The fourth-order valence-electron chi connectivity index (χ4n) is 2.79. The summed E-state index contributed by atoms with van der Waals surface area (Å²) in [6.07, 6.45) is 1.66. The Bertz CT molecular complexity index is 697. The van der Waals surface area contributed by atoms with Crippen LogP contribution in [0.25, 0.3) is 0 Å². The fourth-order valence-corrected chi connectivity index (χ4v) is 4.42. The molecule has 0 aromatic heterocycles. The lowest BCUT2D eigenvalue weighted by molar-refractivity contribution is 0.0729. The number of morpholine rings is 1. The van der Waals surface area contributed by atoms with E-state index in [0.29, 0.717) is 39.4 Å². The molecule has 1 aliphatic heterocycles. The van der Waals surface area contributed by atoms with Gasteiger partial charge in [-0.1, -0.05) is 25.4 Å². The summed E-state index contributed by atoms with van der Waals surface area (Å²) in [4.78, 5) is 14.6.